The Balaban J connectivity index is 1.51. The Morgan fingerprint density at radius 2 is 1.92 bits per heavy atom. The molecule has 0 bridgehead atoms. The minimum Gasteiger partial charge on any atom is -0.336 e. The zero-order valence-electron chi connectivity index (χ0n) is 20.9. The number of nitrogens with zero attached hydrogens (tertiary/aromatic N) is 6. The molecule has 0 radical (unpaired) electrons. The molecule has 2 aliphatic rings. The van der Waals surface area contributed by atoms with Crippen molar-refractivity contribution in [3.63, 3.8) is 0 Å². The molecule has 2 fully saturated rings. The van der Waals surface area contributed by atoms with Crippen LogP contribution in [0.3, 0.4) is 0 Å². The molecule has 0 aliphatic carbocycles. The molecule has 0 atom stereocenters. The maximum Gasteiger partial charge on any atom is 0.267 e. The predicted molar refractivity (Wildman–Crippen MR) is 141 cm³/mol. The van der Waals surface area contributed by atoms with Gasteiger partial charge < -0.3 is 10.6 Å². The summed E-state index contributed by atoms with van der Waals surface area (Å²) in [6, 6.07) is 1.55. The summed E-state index contributed by atoms with van der Waals surface area (Å²) in [6.45, 7) is 8.07. The van der Waals surface area contributed by atoms with Gasteiger partial charge in [0.25, 0.3) is 5.95 Å². The second-order valence-corrected chi connectivity index (χ2v) is 11.2. The molecule has 2 aromatic heterocycles. The molecule has 2 aliphatic heterocycles. The maximum absolute atomic E-state index is 11.8. The molecule has 12 nitrogen and oxygen atoms in total. The van der Waals surface area contributed by atoms with Crippen LogP contribution < -0.4 is 20.5 Å². The SMILES string of the molecule is CCC1(N2CCNCC2)CCN(N(OC)c2ncc(Cl)c(Nc3cnccc3NS(C)(=O)=O)n2)CC1. The van der Waals surface area contributed by atoms with Crippen LogP contribution in [0.2, 0.25) is 5.02 Å². The van der Waals surface area contributed by atoms with Crippen LogP contribution in [-0.2, 0) is 14.9 Å². The average molecular weight is 540 g/mol. The molecule has 198 valence electrons. The molecule has 0 amide bonds. The molecule has 0 aromatic carbocycles. The lowest BCUT2D eigenvalue weighted by molar-refractivity contribution is -0.0425. The minimum absolute atomic E-state index is 0.189. The zero-order valence-corrected chi connectivity index (χ0v) is 22.4. The Labute approximate surface area is 217 Å². The highest BCUT2D eigenvalue weighted by Gasteiger charge is 2.40. The van der Waals surface area contributed by atoms with Crippen LogP contribution in [0.1, 0.15) is 26.2 Å². The Hall–Kier alpha value is -2.29. The Morgan fingerprint density at radius 3 is 2.56 bits per heavy atom. The third-order valence-corrected chi connectivity index (χ3v) is 7.69. The monoisotopic (exact) mass is 539 g/mol. The largest absolute Gasteiger partial charge is 0.336 e. The maximum atomic E-state index is 11.8. The van der Waals surface area contributed by atoms with Gasteiger partial charge >= 0.3 is 0 Å². The molecule has 0 spiro atoms. The summed E-state index contributed by atoms with van der Waals surface area (Å²) in [5, 5.41) is 10.5. The summed E-state index contributed by atoms with van der Waals surface area (Å²) < 4.78 is 26.0. The van der Waals surface area contributed by atoms with Gasteiger partial charge in [0, 0.05) is 51.0 Å². The Kier molecular flexibility index (Phi) is 8.48. The highest BCUT2D eigenvalue weighted by atomic mass is 35.5. The summed E-state index contributed by atoms with van der Waals surface area (Å²) in [5.74, 6) is 0.617. The fraction of sp³-hybridized carbons (Fsp3) is 0.591. The lowest BCUT2D eigenvalue weighted by atomic mass is 9.83. The van der Waals surface area contributed by atoms with Crippen molar-refractivity contribution in [2.24, 2.45) is 0 Å². The van der Waals surface area contributed by atoms with E-state index in [1.54, 1.807) is 18.3 Å². The standard InChI is InChI=1S/C22H34ClN9O3S/c1-4-22(30-13-9-24-10-14-30)6-11-31(12-7-22)32(35-2)21-26-15-17(23)20(28-21)27-19-16-25-8-5-18(19)29-36(3,33)34/h5,8,15-16,24H,4,6-7,9-14H2,1-3H3,(H,25,29)(H,26,27,28). The van der Waals surface area contributed by atoms with E-state index in [0.29, 0.717) is 23.1 Å². The first kappa shape index (κ1) is 26.8. The van der Waals surface area contributed by atoms with Gasteiger partial charge in [-0.05, 0) is 25.3 Å². The first-order chi connectivity index (χ1) is 17.2. The number of halogens is 1. The Morgan fingerprint density at radius 1 is 1.19 bits per heavy atom. The second-order valence-electron chi connectivity index (χ2n) is 9.01. The highest BCUT2D eigenvalue weighted by molar-refractivity contribution is 7.92. The van der Waals surface area contributed by atoms with Crippen molar-refractivity contribution in [1.29, 1.82) is 0 Å². The number of hydrazine groups is 1. The van der Waals surface area contributed by atoms with E-state index in [1.807, 2.05) is 0 Å². The smallest absolute Gasteiger partial charge is 0.267 e. The number of sulfonamides is 1. The number of hydrogen-bond acceptors (Lipinski definition) is 11. The van der Waals surface area contributed by atoms with E-state index >= 15 is 0 Å². The number of rotatable bonds is 9. The van der Waals surface area contributed by atoms with E-state index in [1.165, 1.54) is 18.6 Å². The summed E-state index contributed by atoms with van der Waals surface area (Å²) in [7, 11) is -1.91. The van der Waals surface area contributed by atoms with E-state index in [0.717, 1.165) is 64.8 Å². The van der Waals surface area contributed by atoms with Crippen molar-refractivity contribution >= 4 is 44.8 Å². The van der Waals surface area contributed by atoms with Gasteiger partial charge in [0.05, 0.1) is 37.1 Å². The van der Waals surface area contributed by atoms with Crippen molar-refractivity contribution in [3.05, 3.63) is 29.7 Å². The molecule has 4 heterocycles. The normalized spacial score (nSPS) is 19.1. The molecular weight excluding hydrogens is 506 g/mol. The van der Waals surface area contributed by atoms with Crippen LogP contribution in [-0.4, -0.2) is 91.5 Å². The lowest BCUT2D eigenvalue weighted by Gasteiger charge is -2.51. The van der Waals surface area contributed by atoms with Crippen molar-refractivity contribution < 1.29 is 13.3 Å². The number of pyridine rings is 1. The predicted octanol–water partition coefficient (Wildman–Crippen LogP) is 2.07. The van der Waals surface area contributed by atoms with Gasteiger partial charge in [-0.2, -0.15) is 9.99 Å². The molecule has 0 saturated carbocycles. The zero-order chi connectivity index (χ0) is 25.8. The van der Waals surface area contributed by atoms with Gasteiger partial charge in [-0.1, -0.05) is 18.5 Å². The topological polar surface area (TPSA) is 128 Å². The van der Waals surface area contributed by atoms with E-state index in [4.69, 9.17) is 16.4 Å². The molecule has 36 heavy (non-hydrogen) atoms. The van der Waals surface area contributed by atoms with Crippen molar-refractivity contribution in [2.45, 2.75) is 31.7 Å². The highest BCUT2D eigenvalue weighted by Crippen LogP contribution is 2.34. The number of nitrogens with one attached hydrogen (secondary N) is 3. The average Bonchev–Trinajstić information content (AvgIpc) is 2.87. The van der Waals surface area contributed by atoms with E-state index in [-0.39, 0.29) is 10.6 Å². The van der Waals surface area contributed by atoms with Crippen LogP contribution in [0.4, 0.5) is 23.1 Å². The van der Waals surface area contributed by atoms with E-state index in [9.17, 15) is 8.42 Å². The van der Waals surface area contributed by atoms with Gasteiger partial charge in [0.15, 0.2) is 5.82 Å². The van der Waals surface area contributed by atoms with Gasteiger partial charge in [0.1, 0.15) is 5.02 Å². The third-order valence-electron chi connectivity index (χ3n) is 6.82. The molecule has 2 saturated heterocycles. The van der Waals surface area contributed by atoms with E-state index < -0.39 is 10.0 Å². The molecule has 2 aromatic rings. The number of anilines is 4. The van der Waals surface area contributed by atoms with Crippen LogP contribution in [0.15, 0.2) is 24.7 Å². The first-order valence-electron chi connectivity index (χ1n) is 12.0. The van der Waals surface area contributed by atoms with Crippen LogP contribution >= 0.6 is 11.6 Å². The van der Waals surface area contributed by atoms with Gasteiger partial charge in [-0.15, -0.1) is 5.17 Å². The third kappa shape index (κ3) is 6.15. The van der Waals surface area contributed by atoms with Crippen LogP contribution in [0.5, 0.6) is 0 Å². The number of aromatic nitrogens is 3. The van der Waals surface area contributed by atoms with Gasteiger partial charge in [-0.3, -0.25) is 19.4 Å². The number of hydrogen-bond donors (Lipinski definition) is 3. The fourth-order valence-corrected chi connectivity index (χ4v) is 5.61. The quantitative estimate of drug-likeness (QED) is 0.405. The molecule has 0 unspecified atom stereocenters. The van der Waals surface area contributed by atoms with Gasteiger partial charge in [-0.25, -0.2) is 13.4 Å². The van der Waals surface area contributed by atoms with E-state index in [2.05, 4.69) is 47.1 Å². The summed E-state index contributed by atoms with van der Waals surface area (Å²) in [5.41, 5.74) is 0.918. The number of piperazine rings is 1. The van der Waals surface area contributed by atoms with Crippen LogP contribution in [0.25, 0.3) is 0 Å². The molecule has 4 rings (SSSR count). The van der Waals surface area contributed by atoms with Crippen LogP contribution in [0, 0.1) is 0 Å². The summed E-state index contributed by atoms with van der Waals surface area (Å²) in [6.07, 6.45) is 8.68. The van der Waals surface area contributed by atoms with Gasteiger partial charge in [0.2, 0.25) is 10.0 Å². The van der Waals surface area contributed by atoms with Crippen molar-refractivity contribution in [2.75, 3.05) is 67.8 Å². The first-order valence-corrected chi connectivity index (χ1v) is 14.3. The Bertz CT molecular complexity index is 1140. The number of piperidine rings is 1. The lowest BCUT2D eigenvalue weighted by Crippen LogP contribution is -2.61. The minimum atomic E-state index is -3.49. The fourth-order valence-electron chi connectivity index (χ4n) is 4.90. The summed E-state index contributed by atoms with van der Waals surface area (Å²) in [4.78, 5) is 21.4. The second kappa shape index (κ2) is 11.4. The van der Waals surface area contributed by atoms with Crippen molar-refractivity contribution in [1.82, 2.24) is 30.2 Å². The molecule has 3 N–H and O–H groups in total. The summed E-state index contributed by atoms with van der Waals surface area (Å²) >= 11 is 6.38. The molecule has 14 heteroatoms. The van der Waals surface area contributed by atoms with Crippen molar-refractivity contribution in [3.8, 4) is 0 Å². The molecular formula is C22H34ClN9O3S.